The molecule has 1 atom stereocenters. The first-order valence-electron chi connectivity index (χ1n) is 8.82. The molecule has 0 unspecified atom stereocenters. The molecule has 26 heavy (non-hydrogen) atoms. The van der Waals surface area contributed by atoms with E-state index in [0.29, 0.717) is 25.3 Å². The summed E-state index contributed by atoms with van der Waals surface area (Å²) in [5, 5.41) is 1.02. The van der Waals surface area contributed by atoms with Gasteiger partial charge in [-0.25, -0.2) is 0 Å². The summed E-state index contributed by atoms with van der Waals surface area (Å²) < 4.78 is 0. The Morgan fingerprint density at radius 3 is 2.46 bits per heavy atom. The number of hydrogen-bond donors (Lipinski definition) is 1. The van der Waals surface area contributed by atoms with Crippen LogP contribution in [-0.2, 0) is 4.79 Å². The van der Waals surface area contributed by atoms with Gasteiger partial charge >= 0.3 is 0 Å². The number of carbonyl (C=O) groups is 2. The zero-order valence-corrected chi connectivity index (χ0v) is 14.7. The van der Waals surface area contributed by atoms with Crippen LogP contribution in [0.3, 0.4) is 0 Å². The quantitative estimate of drug-likeness (QED) is 0.774. The van der Waals surface area contributed by atoms with Crippen molar-refractivity contribution in [3.8, 4) is 0 Å². The molecule has 0 bridgehead atoms. The number of piperazine rings is 1. The summed E-state index contributed by atoms with van der Waals surface area (Å²) in [5.74, 6) is 0.0156. The number of hydrogen-bond acceptors (Lipinski definition) is 2. The first kappa shape index (κ1) is 16.4. The van der Waals surface area contributed by atoms with E-state index in [0.717, 1.165) is 16.5 Å². The Morgan fingerprint density at radius 2 is 1.73 bits per heavy atom. The van der Waals surface area contributed by atoms with Crippen molar-refractivity contribution in [3.63, 3.8) is 0 Å². The normalized spacial score (nSPS) is 17.5. The third-order valence-corrected chi connectivity index (χ3v) is 5.03. The molecule has 1 aliphatic heterocycles. The molecule has 5 nitrogen and oxygen atoms in total. The molecule has 4 rings (SSSR count). The number of para-hydroxylation sites is 1. The van der Waals surface area contributed by atoms with Gasteiger partial charge in [-0.2, -0.15) is 0 Å². The highest BCUT2D eigenvalue weighted by molar-refractivity contribution is 5.98. The molecule has 5 heteroatoms. The molecule has 0 saturated carbocycles. The van der Waals surface area contributed by atoms with Gasteiger partial charge in [-0.05, 0) is 17.7 Å². The van der Waals surface area contributed by atoms with Gasteiger partial charge < -0.3 is 14.8 Å². The van der Waals surface area contributed by atoms with Crippen molar-refractivity contribution >= 4 is 22.7 Å². The van der Waals surface area contributed by atoms with Gasteiger partial charge in [0.1, 0.15) is 5.69 Å². The number of benzene rings is 2. The number of fused-ring (bicyclic) bond motifs is 1. The van der Waals surface area contributed by atoms with Crippen LogP contribution in [-0.4, -0.2) is 46.2 Å². The van der Waals surface area contributed by atoms with Crippen LogP contribution in [0.25, 0.3) is 10.9 Å². The maximum Gasteiger partial charge on any atom is 0.270 e. The zero-order chi connectivity index (χ0) is 18.1. The van der Waals surface area contributed by atoms with Crippen LogP contribution in [0.5, 0.6) is 0 Å². The van der Waals surface area contributed by atoms with Crippen molar-refractivity contribution < 1.29 is 9.59 Å². The highest BCUT2D eigenvalue weighted by Crippen LogP contribution is 2.28. The lowest BCUT2D eigenvalue weighted by molar-refractivity contribution is -0.131. The van der Waals surface area contributed by atoms with Crippen molar-refractivity contribution in [2.24, 2.45) is 0 Å². The number of nitrogens with one attached hydrogen (secondary N) is 1. The topological polar surface area (TPSA) is 56.4 Å². The fourth-order valence-corrected chi connectivity index (χ4v) is 3.62. The lowest BCUT2D eigenvalue weighted by Gasteiger charge is -2.41. The van der Waals surface area contributed by atoms with Gasteiger partial charge in [0, 0.05) is 37.5 Å². The van der Waals surface area contributed by atoms with Crippen molar-refractivity contribution in [1.82, 2.24) is 14.8 Å². The molecular formula is C21H21N3O2. The van der Waals surface area contributed by atoms with E-state index >= 15 is 0 Å². The average molecular weight is 347 g/mol. The SMILES string of the molecule is CC(=O)N1CCN(C(=O)c2cc3ccccc3[nH]2)[C@H](c2ccccc2)C1. The second kappa shape index (κ2) is 6.67. The Balaban J connectivity index is 1.68. The fourth-order valence-electron chi connectivity index (χ4n) is 3.62. The number of nitrogens with zero attached hydrogens (tertiary/aromatic N) is 2. The van der Waals surface area contributed by atoms with E-state index in [1.807, 2.05) is 70.5 Å². The fraction of sp³-hybridized carbons (Fsp3) is 0.238. The summed E-state index contributed by atoms with van der Waals surface area (Å²) >= 11 is 0. The number of carbonyl (C=O) groups excluding carboxylic acids is 2. The summed E-state index contributed by atoms with van der Waals surface area (Å²) in [6, 6.07) is 19.5. The van der Waals surface area contributed by atoms with E-state index in [1.165, 1.54) is 0 Å². The number of H-pyrrole nitrogens is 1. The lowest BCUT2D eigenvalue weighted by Crippen LogP contribution is -2.51. The molecule has 1 aliphatic rings. The molecule has 132 valence electrons. The molecule has 0 spiro atoms. The third-order valence-electron chi connectivity index (χ3n) is 5.03. The van der Waals surface area contributed by atoms with Crippen molar-refractivity contribution in [2.45, 2.75) is 13.0 Å². The summed E-state index contributed by atoms with van der Waals surface area (Å²) in [6.45, 7) is 3.18. The smallest absolute Gasteiger partial charge is 0.270 e. The van der Waals surface area contributed by atoms with Gasteiger partial charge in [-0.3, -0.25) is 9.59 Å². The van der Waals surface area contributed by atoms with E-state index in [2.05, 4.69) is 4.98 Å². The van der Waals surface area contributed by atoms with E-state index in [9.17, 15) is 9.59 Å². The van der Waals surface area contributed by atoms with Gasteiger partial charge in [0.2, 0.25) is 5.91 Å². The monoisotopic (exact) mass is 347 g/mol. The number of aromatic amines is 1. The molecule has 3 aromatic rings. The largest absolute Gasteiger partial charge is 0.351 e. The highest BCUT2D eigenvalue weighted by atomic mass is 16.2. The minimum Gasteiger partial charge on any atom is -0.351 e. The Morgan fingerprint density at radius 1 is 1.00 bits per heavy atom. The van der Waals surface area contributed by atoms with Crippen LogP contribution in [0.4, 0.5) is 0 Å². The molecule has 0 radical (unpaired) electrons. The number of amides is 2. The first-order chi connectivity index (χ1) is 12.6. The van der Waals surface area contributed by atoms with Gasteiger partial charge in [0.15, 0.2) is 0 Å². The summed E-state index contributed by atoms with van der Waals surface area (Å²) in [4.78, 5) is 32.0. The second-order valence-corrected chi connectivity index (χ2v) is 6.66. The third kappa shape index (κ3) is 2.96. The average Bonchev–Trinajstić information content (AvgIpc) is 3.12. The van der Waals surface area contributed by atoms with Crippen LogP contribution in [0.1, 0.15) is 29.0 Å². The van der Waals surface area contributed by atoms with E-state index in [-0.39, 0.29) is 17.9 Å². The first-order valence-corrected chi connectivity index (χ1v) is 8.82. The molecule has 1 N–H and O–H groups in total. The molecule has 0 aliphatic carbocycles. The number of aromatic nitrogens is 1. The minimum atomic E-state index is -0.146. The molecule has 2 heterocycles. The lowest BCUT2D eigenvalue weighted by atomic mass is 10.0. The zero-order valence-electron chi connectivity index (χ0n) is 14.7. The van der Waals surface area contributed by atoms with Gasteiger partial charge in [-0.1, -0.05) is 48.5 Å². The van der Waals surface area contributed by atoms with E-state index < -0.39 is 0 Å². The standard InChI is InChI=1S/C21H21N3O2/c1-15(25)23-11-12-24(20(14-23)16-7-3-2-4-8-16)21(26)19-13-17-9-5-6-10-18(17)22-19/h2-10,13,20,22H,11-12,14H2,1H3/t20-/m0/s1. The molecule has 1 aromatic heterocycles. The summed E-state index contributed by atoms with van der Waals surface area (Å²) in [5.41, 5.74) is 2.58. The number of rotatable bonds is 2. The van der Waals surface area contributed by atoms with Crippen LogP contribution >= 0.6 is 0 Å². The molecule has 2 aromatic carbocycles. The van der Waals surface area contributed by atoms with Crippen LogP contribution in [0.2, 0.25) is 0 Å². The van der Waals surface area contributed by atoms with E-state index in [1.54, 1.807) is 6.92 Å². The molecular weight excluding hydrogens is 326 g/mol. The Hall–Kier alpha value is -3.08. The Bertz CT molecular complexity index is 915. The predicted molar refractivity (Wildman–Crippen MR) is 101 cm³/mol. The molecule has 2 amide bonds. The predicted octanol–water partition coefficient (Wildman–Crippen LogP) is 3.21. The Kier molecular flexibility index (Phi) is 4.21. The summed E-state index contributed by atoms with van der Waals surface area (Å²) in [6.07, 6.45) is 0. The molecule has 1 saturated heterocycles. The van der Waals surface area contributed by atoms with Gasteiger partial charge in [0.25, 0.3) is 5.91 Å². The maximum atomic E-state index is 13.2. The van der Waals surface area contributed by atoms with Crippen molar-refractivity contribution in [1.29, 1.82) is 0 Å². The maximum absolute atomic E-state index is 13.2. The summed E-state index contributed by atoms with van der Waals surface area (Å²) in [7, 11) is 0. The Labute approximate surface area is 152 Å². The van der Waals surface area contributed by atoms with E-state index in [4.69, 9.17) is 0 Å². The van der Waals surface area contributed by atoms with Crippen LogP contribution in [0.15, 0.2) is 60.7 Å². The van der Waals surface area contributed by atoms with Gasteiger partial charge in [0.05, 0.1) is 6.04 Å². The van der Waals surface area contributed by atoms with Crippen molar-refractivity contribution in [3.05, 3.63) is 71.9 Å². The van der Waals surface area contributed by atoms with Gasteiger partial charge in [-0.15, -0.1) is 0 Å². The highest BCUT2D eigenvalue weighted by Gasteiger charge is 2.33. The second-order valence-electron chi connectivity index (χ2n) is 6.66. The van der Waals surface area contributed by atoms with Crippen LogP contribution in [0, 0.1) is 0 Å². The minimum absolute atomic E-state index is 0.0294. The van der Waals surface area contributed by atoms with Crippen LogP contribution < -0.4 is 0 Å². The molecule has 1 fully saturated rings. The van der Waals surface area contributed by atoms with Crippen molar-refractivity contribution in [2.75, 3.05) is 19.6 Å².